The van der Waals surface area contributed by atoms with Crippen LogP contribution in [-0.4, -0.2) is 31.8 Å². The first-order valence-corrected chi connectivity index (χ1v) is 11.8. The van der Waals surface area contributed by atoms with Gasteiger partial charge in [-0.05, 0) is 35.1 Å². The highest BCUT2D eigenvalue weighted by Gasteiger charge is 2.21. The van der Waals surface area contributed by atoms with E-state index in [1.165, 1.54) is 4.31 Å². The van der Waals surface area contributed by atoms with E-state index in [1.807, 2.05) is 31.4 Å². The Morgan fingerprint density at radius 3 is 2.25 bits per heavy atom. The summed E-state index contributed by atoms with van der Waals surface area (Å²) in [6, 6.07) is 10.4. The quantitative estimate of drug-likeness (QED) is 0.640. The second-order valence-electron chi connectivity index (χ2n) is 6.80. The first-order chi connectivity index (χ1) is 13.3. The number of hydrogen-bond donors (Lipinski definition) is 2. The van der Waals surface area contributed by atoms with Crippen LogP contribution in [0.4, 0.5) is 4.79 Å². The fraction of sp³-hybridized carbons (Fsp3) is 0.450. The number of nitrogens with zero attached hydrogens (tertiary/aromatic N) is 1. The summed E-state index contributed by atoms with van der Waals surface area (Å²) in [5.74, 6) is 0.272. The van der Waals surface area contributed by atoms with Gasteiger partial charge in [0.25, 0.3) is 0 Å². The van der Waals surface area contributed by atoms with Crippen LogP contribution in [0.2, 0.25) is 0 Å². The molecular formula is C20H29N3O3S2. The number of rotatable bonds is 9. The van der Waals surface area contributed by atoms with Crippen LogP contribution >= 0.6 is 11.3 Å². The molecule has 154 valence electrons. The lowest BCUT2D eigenvalue weighted by Crippen LogP contribution is -2.39. The number of amides is 2. The van der Waals surface area contributed by atoms with Gasteiger partial charge in [-0.2, -0.15) is 4.31 Å². The molecule has 1 unspecified atom stereocenters. The molecule has 1 aromatic carbocycles. The second-order valence-corrected chi connectivity index (χ2v) is 9.71. The van der Waals surface area contributed by atoms with Gasteiger partial charge >= 0.3 is 6.03 Å². The van der Waals surface area contributed by atoms with E-state index in [0.717, 1.165) is 10.4 Å². The number of nitrogens with one attached hydrogen (secondary N) is 2. The van der Waals surface area contributed by atoms with Crippen molar-refractivity contribution in [1.82, 2.24) is 14.9 Å². The zero-order valence-corrected chi connectivity index (χ0v) is 18.4. The normalized spacial score (nSPS) is 12.9. The van der Waals surface area contributed by atoms with Crippen molar-refractivity contribution in [2.24, 2.45) is 5.92 Å². The van der Waals surface area contributed by atoms with E-state index in [2.05, 4.69) is 24.5 Å². The van der Waals surface area contributed by atoms with Gasteiger partial charge in [0.05, 0.1) is 10.9 Å². The minimum absolute atomic E-state index is 0.0402. The lowest BCUT2D eigenvalue weighted by Gasteiger charge is -2.21. The third-order valence-corrected chi connectivity index (χ3v) is 7.54. The molecule has 2 rings (SSSR count). The largest absolute Gasteiger partial charge is 0.334 e. The number of benzene rings is 1. The van der Waals surface area contributed by atoms with Crippen molar-refractivity contribution in [3.05, 3.63) is 52.2 Å². The second kappa shape index (κ2) is 10.0. The van der Waals surface area contributed by atoms with Gasteiger partial charge in [0.15, 0.2) is 0 Å². The van der Waals surface area contributed by atoms with Crippen LogP contribution in [0.25, 0.3) is 0 Å². The minimum Gasteiger partial charge on any atom is -0.334 e. The predicted molar refractivity (Wildman–Crippen MR) is 114 cm³/mol. The average molecular weight is 424 g/mol. The average Bonchev–Trinajstić information content (AvgIpc) is 3.19. The molecule has 0 aliphatic rings. The van der Waals surface area contributed by atoms with Gasteiger partial charge in [-0.1, -0.05) is 45.9 Å². The Morgan fingerprint density at radius 2 is 1.75 bits per heavy atom. The number of carbonyl (C=O) groups excluding carboxylic acids is 1. The van der Waals surface area contributed by atoms with E-state index in [9.17, 15) is 13.2 Å². The zero-order chi connectivity index (χ0) is 20.7. The highest BCUT2D eigenvalue weighted by molar-refractivity contribution is 7.89. The minimum atomic E-state index is -3.46. The molecule has 0 saturated heterocycles. The van der Waals surface area contributed by atoms with Crippen molar-refractivity contribution in [2.75, 3.05) is 13.1 Å². The van der Waals surface area contributed by atoms with Gasteiger partial charge in [0.1, 0.15) is 0 Å². The molecule has 0 spiro atoms. The van der Waals surface area contributed by atoms with Crippen molar-refractivity contribution >= 4 is 27.4 Å². The van der Waals surface area contributed by atoms with Crippen LogP contribution in [0.3, 0.4) is 0 Å². The van der Waals surface area contributed by atoms with Gasteiger partial charge in [-0.15, -0.1) is 11.3 Å². The monoisotopic (exact) mass is 423 g/mol. The molecule has 2 amide bonds. The maximum atomic E-state index is 12.5. The Hall–Kier alpha value is -1.90. The molecule has 0 fully saturated rings. The Bertz CT molecular complexity index is 843. The summed E-state index contributed by atoms with van der Waals surface area (Å²) in [5.41, 5.74) is 0.839. The molecule has 28 heavy (non-hydrogen) atoms. The van der Waals surface area contributed by atoms with Crippen LogP contribution in [0.15, 0.2) is 46.7 Å². The molecule has 0 aliphatic heterocycles. The summed E-state index contributed by atoms with van der Waals surface area (Å²) in [4.78, 5) is 13.7. The van der Waals surface area contributed by atoms with E-state index in [-0.39, 0.29) is 22.9 Å². The Kier molecular flexibility index (Phi) is 8.03. The van der Waals surface area contributed by atoms with Crippen molar-refractivity contribution in [2.45, 2.75) is 45.2 Å². The van der Waals surface area contributed by atoms with Crippen molar-refractivity contribution < 1.29 is 13.2 Å². The fourth-order valence-electron chi connectivity index (χ4n) is 2.90. The molecule has 0 radical (unpaired) electrons. The van der Waals surface area contributed by atoms with E-state index in [1.54, 1.807) is 35.6 Å². The molecule has 1 aromatic heterocycles. The molecule has 8 heteroatoms. The third kappa shape index (κ3) is 5.56. The predicted octanol–water partition coefficient (Wildman–Crippen LogP) is 3.98. The Balaban J connectivity index is 1.96. The van der Waals surface area contributed by atoms with E-state index < -0.39 is 10.0 Å². The summed E-state index contributed by atoms with van der Waals surface area (Å²) in [5, 5.41) is 7.86. The first-order valence-electron chi connectivity index (χ1n) is 9.46. The molecule has 2 N–H and O–H groups in total. The smallest absolute Gasteiger partial charge is 0.315 e. The highest BCUT2D eigenvalue weighted by Crippen LogP contribution is 2.25. The lowest BCUT2D eigenvalue weighted by molar-refractivity contribution is 0.233. The summed E-state index contributed by atoms with van der Waals surface area (Å²) in [6.07, 6.45) is 0. The standard InChI is InChI=1S/C20H29N3O3S2/c1-5-23(6-2)28(25,26)17-11-9-16(10-12-17)14-21-20(24)22-19(15(3)4)18-8-7-13-27-18/h7-13,15,19H,5-6,14H2,1-4H3,(H2,21,22,24). The van der Waals surface area contributed by atoms with Gasteiger partial charge in [0.2, 0.25) is 10.0 Å². The van der Waals surface area contributed by atoms with E-state index in [4.69, 9.17) is 0 Å². The third-order valence-electron chi connectivity index (χ3n) is 4.52. The van der Waals surface area contributed by atoms with Crippen LogP contribution in [0, 0.1) is 5.92 Å². The van der Waals surface area contributed by atoms with Crippen molar-refractivity contribution in [3.8, 4) is 0 Å². The van der Waals surface area contributed by atoms with Crippen LogP contribution in [-0.2, 0) is 16.6 Å². The van der Waals surface area contributed by atoms with Gasteiger partial charge in [0, 0.05) is 24.5 Å². The molecule has 6 nitrogen and oxygen atoms in total. The number of sulfonamides is 1. The van der Waals surface area contributed by atoms with Crippen molar-refractivity contribution in [3.63, 3.8) is 0 Å². The van der Waals surface area contributed by atoms with E-state index >= 15 is 0 Å². The molecule has 1 atom stereocenters. The maximum Gasteiger partial charge on any atom is 0.315 e. The van der Waals surface area contributed by atoms with Crippen molar-refractivity contribution in [1.29, 1.82) is 0 Å². The lowest BCUT2D eigenvalue weighted by atomic mass is 10.0. The Morgan fingerprint density at radius 1 is 1.11 bits per heavy atom. The molecule has 2 aromatic rings. The fourth-order valence-corrected chi connectivity index (χ4v) is 5.31. The molecule has 1 heterocycles. The topological polar surface area (TPSA) is 78.5 Å². The van der Waals surface area contributed by atoms with E-state index in [0.29, 0.717) is 19.6 Å². The summed E-state index contributed by atoms with van der Waals surface area (Å²) in [7, 11) is -3.46. The number of hydrogen-bond acceptors (Lipinski definition) is 4. The maximum absolute atomic E-state index is 12.5. The summed E-state index contributed by atoms with van der Waals surface area (Å²) < 4.78 is 26.5. The van der Waals surface area contributed by atoms with Gasteiger partial charge in [-0.3, -0.25) is 0 Å². The summed E-state index contributed by atoms with van der Waals surface area (Å²) >= 11 is 1.62. The van der Waals surface area contributed by atoms with Crippen LogP contribution in [0.1, 0.15) is 44.2 Å². The van der Waals surface area contributed by atoms with Gasteiger partial charge < -0.3 is 10.6 Å². The first kappa shape index (κ1) is 22.4. The zero-order valence-electron chi connectivity index (χ0n) is 16.8. The van der Waals surface area contributed by atoms with Gasteiger partial charge in [-0.25, -0.2) is 13.2 Å². The molecule has 0 aliphatic carbocycles. The highest BCUT2D eigenvalue weighted by atomic mass is 32.2. The Labute approximate surface area is 172 Å². The molecular weight excluding hydrogens is 394 g/mol. The number of thiophene rings is 1. The molecule has 0 saturated carbocycles. The molecule has 0 bridgehead atoms. The number of carbonyl (C=O) groups is 1. The summed E-state index contributed by atoms with van der Waals surface area (Å²) in [6.45, 7) is 8.97. The number of urea groups is 1. The van der Waals surface area contributed by atoms with Crippen LogP contribution in [0.5, 0.6) is 0 Å². The SMILES string of the molecule is CCN(CC)S(=O)(=O)c1ccc(CNC(=O)NC(c2cccs2)C(C)C)cc1. The van der Waals surface area contributed by atoms with Crippen LogP contribution < -0.4 is 10.6 Å².